The maximum atomic E-state index is 13.2. The van der Waals surface area contributed by atoms with Crippen molar-refractivity contribution < 1.29 is 295 Å². The largest absolute Gasteiger partial charge is 1.00 e. The van der Waals surface area contributed by atoms with Crippen LogP contribution < -0.4 is 281 Å². The fourth-order valence-corrected chi connectivity index (χ4v) is 10.8. The molecule has 0 fully saturated rings. The second kappa shape index (κ2) is 34.9. The van der Waals surface area contributed by atoms with Crippen LogP contribution in [0.4, 0.5) is 0 Å². The first-order chi connectivity index (χ1) is 19.6. The summed E-state index contributed by atoms with van der Waals surface area (Å²) in [6.07, 6.45) is 15.6. The first-order valence-corrected chi connectivity index (χ1v) is 19.9. The van der Waals surface area contributed by atoms with Crippen LogP contribution in [0.1, 0.15) is 120 Å². The molecule has 48 heavy (non-hydrogen) atoms. The second-order valence-electron chi connectivity index (χ2n) is 12.2. The molecule has 0 bridgehead atoms. The van der Waals surface area contributed by atoms with Gasteiger partial charge in [0.25, 0.3) is 0 Å². The molecule has 0 spiro atoms. The molecule has 1 unspecified atom stereocenters. The molecule has 0 saturated heterocycles. The molecule has 0 aromatic rings. The Labute approximate surface area is 505 Å². The molecular weight excluding hydrogens is 801 g/mol. The van der Waals surface area contributed by atoms with Crippen molar-refractivity contribution in [2.24, 2.45) is 0 Å². The molecule has 16 heteroatoms. The SMILES string of the molecule is CC(C)=CCC/C(C)=C/CC/C(C)=C/CC(C/C=C(\C)CC/C=C(\C)CCC=C(C)C)(P(=O)([O-])[O-])P(=O)([O-])CP(=O)([O-])[O-].[K+].[K+].[K+].[K+].[K+]. The molecule has 0 aromatic carbocycles. The van der Waals surface area contributed by atoms with Gasteiger partial charge >= 0.3 is 257 Å². The Balaban J connectivity index is -0.000000882. The van der Waals surface area contributed by atoms with Crippen molar-refractivity contribution in [1.29, 1.82) is 0 Å². The van der Waals surface area contributed by atoms with E-state index in [-0.39, 0.29) is 257 Å². The fourth-order valence-electron chi connectivity index (χ4n) is 4.48. The van der Waals surface area contributed by atoms with Crippen molar-refractivity contribution in [2.45, 2.75) is 124 Å². The Bertz CT molecular complexity index is 1180. The maximum absolute atomic E-state index is 13.2. The van der Waals surface area contributed by atoms with Crippen LogP contribution in [-0.2, 0) is 13.7 Å². The zero-order valence-electron chi connectivity index (χ0n) is 32.3. The quantitative estimate of drug-likeness (QED) is 0.0663. The first kappa shape index (κ1) is 66.9. The van der Waals surface area contributed by atoms with E-state index < -0.39 is 46.2 Å². The minimum Gasteiger partial charge on any atom is -0.810 e. The van der Waals surface area contributed by atoms with Crippen molar-refractivity contribution >= 4 is 22.6 Å². The monoisotopic (exact) mass is 852 g/mol. The van der Waals surface area contributed by atoms with Crippen LogP contribution in [0.2, 0.25) is 0 Å². The fraction of sp³-hybridized carbons (Fsp3) is 0.625. The normalized spacial score (nSPS) is 15.1. The topological polar surface area (TPSA) is 167 Å². The van der Waals surface area contributed by atoms with Crippen molar-refractivity contribution in [1.82, 2.24) is 0 Å². The van der Waals surface area contributed by atoms with E-state index in [0.717, 1.165) is 25.7 Å². The van der Waals surface area contributed by atoms with Gasteiger partial charge in [-0.1, -0.05) is 85.1 Å². The van der Waals surface area contributed by atoms with Gasteiger partial charge in [0.05, 0.1) is 0 Å². The molecule has 248 valence electrons. The van der Waals surface area contributed by atoms with Crippen molar-refractivity contribution in [3.8, 4) is 0 Å². The molecule has 0 heterocycles. The van der Waals surface area contributed by atoms with Gasteiger partial charge in [-0.2, -0.15) is 0 Å². The number of rotatable bonds is 20. The van der Waals surface area contributed by atoms with Gasteiger partial charge in [-0.3, -0.25) is 0 Å². The summed E-state index contributed by atoms with van der Waals surface area (Å²) in [4.78, 5) is 58.5. The van der Waals surface area contributed by atoms with E-state index in [4.69, 9.17) is 0 Å². The molecule has 0 rings (SSSR count). The smallest absolute Gasteiger partial charge is 0.810 e. The number of hydrogen-bond acceptors (Lipinski definition) is 8. The Morgan fingerprint density at radius 3 is 1.00 bits per heavy atom. The van der Waals surface area contributed by atoms with Crippen LogP contribution in [0.15, 0.2) is 69.9 Å². The molecule has 0 amide bonds. The predicted molar refractivity (Wildman–Crippen MR) is 170 cm³/mol. The zero-order valence-corrected chi connectivity index (χ0v) is 50.6. The summed E-state index contributed by atoms with van der Waals surface area (Å²) in [5, 5.41) is 0. The van der Waals surface area contributed by atoms with E-state index in [1.165, 1.54) is 34.4 Å². The van der Waals surface area contributed by atoms with Gasteiger partial charge in [0.15, 0.2) is 0 Å². The summed E-state index contributed by atoms with van der Waals surface area (Å²) in [7, 11) is -17.2. The Morgan fingerprint density at radius 2 is 0.750 bits per heavy atom. The van der Waals surface area contributed by atoms with Gasteiger partial charge in [-0.25, -0.2) is 0 Å². The van der Waals surface area contributed by atoms with Crippen LogP contribution in [0.5, 0.6) is 0 Å². The van der Waals surface area contributed by atoms with E-state index in [1.54, 1.807) is 13.8 Å². The minimum atomic E-state index is -5.95. The Hall–Kier alpha value is 7.11. The molecule has 0 aliphatic carbocycles. The van der Waals surface area contributed by atoms with Gasteiger partial charge < -0.3 is 38.2 Å². The number of hydrogen-bond donors (Lipinski definition) is 0. The van der Waals surface area contributed by atoms with E-state index in [1.807, 2.05) is 41.5 Å². The van der Waals surface area contributed by atoms with Crippen molar-refractivity contribution in [3.05, 3.63) is 69.9 Å². The zero-order chi connectivity index (χ0) is 33.5. The van der Waals surface area contributed by atoms with E-state index in [9.17, 15) is 38.2 Å². The van der Waals surface area contributed by atoms with Gasteiger partial charge in [0.1, 0.15) is 0 Å². The molecule has 1 atom stereocenters. The minimum absolute atomic E-state index is 0. The summed E-state index contributed by atoms with van der Waals surface area (Å²) in [5.74, 6) is -1.91. The van der Waals surface area contributed by atoms with E-state index >= 15 is 0 Å². The third kappa shape index (κ3) is 32.0. The average molecular weight is 853 g/mol. The third-order valence-electron chi connectivity index (χ3n) is 7.30. The Kier molecular flexibility index (Phi) is 48.7. The molecular formula is C32H52K5O8P3. The van der Waals surface area contributed by atoms with Crippen LogP contribution in [0.25, 0.3) is 0 Å². The molecule has 0 N–H and O–H groups in total. The summed E-state index contributed by atoms with van der Waals surface area (Å²) in [6, 6.07) is 0. The number of allylic oxidation sites excluding steroid dienone is 12. The summed E-state index contributed by atoms with van der Waals surface area (Å²) >= 11 is 0. The van der Waals surface area contributed by atoms with E-state index in [0.29, 0.717) is 36.8 Å². The van der Waals surface area contributed by atoms with E-state index in [2.05, 4.69) is 24.3 Å². The van der Waals surface area contributed by atoms with Crippen molar-refractivity contribution in [2.75, 3.05) is 5.90 Å². The third-order valence-corrected chi connectivity index (χ3v) is 14.8. The average Bonchev–Trinajstić information content (AvgIpc) is 2.81. The van der Waals surface area contributed by atoms with Crippen LogP contribution in [0, 0.1) is 0 Å². The van der Waals surface area contributed by atoms with Gasteiger partial charge in [-0.15, -0.1) is 0 Å². The van der Waals surface area contributed by atoms with Crippen LogP contribution in [0.3, 0.4) is 0 Å². The summed E-state index contributed by atoms with van der Waals surface area (Å²) in [6.45, 7) is 15.6. The van der Waals surface area contributed by atoms with Gasteiger partial charge in [-0.05, 0) is 120 Å². The van der Waals surface area contributed by atoms with Crippen molar-refractivity contribution in [3.63, 3.8) is 0 Å². The standard InChI is InChI=1S/C32H57O8P3.5K/c1-26(2)13-9-15-28(5)17-11-19-30(7)21-23-32(43(38,39)40,41(33,34)25-42(35,36)37)24-22-31(8)20-12-18-29(6)16-10-14-27(3)4;;;;;/h13-14,17-18,21-22H,9-12,15-16,19-20,23-25H2,1-8H3,(H,33,34)(H2,35,36,37)(H2,38,39,40);;;;;/q;5*+1/p-5/b28-17+,29-18+,30-21+,31-22+;;;;;. The second-order valence-corrected chi connectivity index (χ2v) is 19.0. The predicted octanol–water partition coefficient (Wildman–Crippen LogP) is -8.26. The molecule has 0 radical (unpaired) electrons. The molecule has 0 aromatic heterocycles. The van der Waals surface area contributed by atoms with Crippen LogP contribution in [-0.4, -0.2) is 10.8 Å². The molecule has 8 nitrogen and oxygen atoms in total. The maximum Gasteiger partial charge on any atom is 1.00 e. The molecule has 0 aliphatic heterocycles. The summed E-state index contributed by atoms with van der Waals surface area (Å²) in [5.41, 5.74) is 6.18. The van der Waals surface area contributed by atoms with Gasteiger partial charge in [0, 0.05) is 18.2 Å². The van der Waals surface area contributed by atoms with Gasteiger partial charge in [0.2, 0.25) is 0 Å². The summed E-state index contributed by atoms with van der Waals surface area (Å²) < 4.78 is 37.4. The van der Waals surface area contributed by atoms with Crippen LogP contribution >= 0.6 is 22.6 Å². The molecule has 0 saturated carbocycles. The first-order valence-electron chi connectivity index (χ1n) is 14.8. The Morgan fingerprint density at radius 1 is 0.479 bits per heavy atom. The molecule has 0 aliphatic rings.